The Hall–Kier alpha value is -0.890. The third-order valence-electron chi connectivity index (χ3n) is 6.81. The van der Waals surface area contributed by atoms with E-state index in [0.717, 1.165) is 56.4 Å². The van der Waals surface area contributed by atoms with Crippen molar-refractivity contribution >= 4 is 75.0 Å². The SMILES string of the molecule is O=C1/C(=C/c2sc(-c3ccc(Cl)cc3)cc2CCCNCl)SC(=S)N1C1CC2CCC1C2. The lowest BCUT2D eigenvalue weighted by atomic mass is 9.94. The van der Waals surface area contributed by atoms with Gasteiger partial charge in [-0.25, -0.2) is 4.84 Å². The Labute approximate surface area is 212 Å². The summed E-state index contributed by atoms with van der Waals surface area (Å²) in [5.41, 5.74) is 2.36. The first-order valence-corrected chi connectivity index (χ1v) is 13.8. The first kappa shape index (κ1) is 22.9. The molecule has 32 heavy (non-hydrogen) atoms. The Morgan fingerprint density at radius 3 is 2.72 bits per heavy atom. The van der Waals surface area contributed by atoms with E-state index in [2.05, 4.69) is 17.0 Å². The van der Waals surface area contributed by atoms with Crippen LogP contribution in [0.15, 0.2) is 35.2 Å². The molecular formula is C24H24Cl2N2OS3. The molecule has 1 aromatic carbocycles. The van der Waals surface area contributed by atoms with Gasteiger partial charge in [0.2, 0.25) is 0 Å². The molecule has 3 atom stereocenters. The number of thiocarbonyl (C=S) groups is 1. The van der Waals surface area contributed by atoms with E-state index in [-0.39, 0.29) is 5.91 Å². The maximum absolute atomic E-state index is 13.4. The van der Waals surface area contributed by atoms with Crippen molar-refractivity contribution in [1.82, 2.24) is 9.74 Å². The van der Waals surface area contributed by atoms with Gasteiger partial charge in [-0.05, 0) is 91.1 Å². The quantitative estimate of drug-likeness (QED) is 0.181. The van der Waals surface area contributed by atoms with Crippen LogP contribution in [0.5, 0.6) is 0 Å². The van der Waals surface area contributed by atoms with E-state index in [0.29, 0.717) is 12.0 Å². The van der Waals surface area contributed by atoms with Gasteiger partial charge in [0.05, 0.1) is 4.91 Å². The number of thioether (sulfide) groups is 1. The predicted octanol–water partition coefficient (Wildman–Crippen LogP) is 7.13. The highest BCUT2D eigenvalue weighted by molar-refractivity contribution is 8.26. The van der Waals surface area contributed by atoms with Crippen molar-refractivity contribution in [2.45, 2.75) is 44.6 Å². The third kappa shape index (κ3) is 4.55. The van der Waals surface area contributed by atoms with Crippen LogP contribution in [0, 0.1) is 11.8 Å². The molecule has 2 saturated carbocycles. The molecule has 2 bridgehead atoms. The van der Waals surface area contributed by atoms with E-state index in [1.165, 1.54) is 41.5 Å². The van der Waals surface area contributed by atoms with Gasteiger partial charge in [0, 0.05) is 27.4 Å². The molecule has 1 N–H and O–H groups in total. The Morgan fingerprint density at radius 1 is 1.22 bits per heavy atom. The summed E-state index contributed by atoms with van der Waals surface area (Å²) in [6, 6.07) is 10.4. The molecule has 1 saturated heterocycles. The highest BCUT2D eigenvalue weighted by atomic mass is 35.5. The molecule has 2 heterocycles. The second-order valence-corrected chi connectivity index (χ2v) is 12.3. The summed E-state index contributed by atoms with van der Waals surface area (Å²) in [5.74, 6) is 1.49. The molecule has 3 nitrogen and oxygen atoms in total. The molecule has 0 radical (unpaired) electrons. The molecule has 2 aromatic rings. The van der Waals surface area contributed by atoms with Crippen LogP contribution in [-0.4, -0.2) is 27.7 Å². The highest BCUT2D eigenvalue weighted by Crippen LogP contribution is 2.49. The van der Waals surface area contributed by atoms with Crippen LogP contribution in [0.2, 0.25) is 5.02 Å². The van der Waals surface area contributed by atoms with Crippen LogP contribution < -0.4 is 4.84 Å². The van der Waals surface area contributed by atoms with Crippen molar-refractivity contribution < 1.29 is 4.79 Å². The zero-order valence-electron chi connectivity index (χ0n) is 17.5. The second kappa shape index (κ2) is 9.77. The van der Waals surface area contributed by atoms with E-state index >= 15 is 0 Å². The van der Waals surface area contributed by atoms with E-state index in [1.54, 1.807) is 11.3 Å². The molecule has 1 aromatic heterocycles. The number of rotatable bonds is 7. The van der Waals surface area contributed by atoms with E-state index in [9.17, 15) is 4.79 Å². The van der Waals surface area contributed by atoms with E-state index < -0.39 is 0 Å². The second-order valence-electron chi connectivity index (χ2n) is 8.79. The lowest BCUT2D eigenvalue weighted by molar-refractivity contribution is -0.124. The first-order valence-electron chi connectivity index (χ1n) is 11.0. The van der Waals surface area contributed by atoms with Crippen LogP contribution >= 0.6 is 58.7 Å². The number of halogens is 2. The Balaban J connectivity index is 1.43. The van der Waals surface area contributed by atoms with Crippen LogP contribution in [0.1, 0.15) is 42.5 Å². The number of thiophene rings is 1. The van der Waals surface area contributed by atoms with Gasteiger partial charge in [-0.2, -0.15) is 0 Å². The summed E-state index contributed by atoms with van der Waals surface area (Å²) < 4.78 is 0.723. The van der Waals surface area contributed by atoms with Crippen molar-refractivity contribution in [3.05, 3.63) is 50.7 Å². The molecular weight excluding hydrogens is 499 g/mol. The summed E-state index contributed by atoms with van der Waals surface area (Å²) in [4.78, 5) is 21.1. The fourth-order valence-electron chi connectivity index (χ4n) is 5.27. The van der Waals surface area contributed by atoms with Crippen LogP contribution in [0.4, 0.5) is 0 Å². The average molecular weight is 524 g/mol. The molecule has 8 heteroatoms. The van der Waals surface area contributed by atoms with Gasteiger partial charge in [0.15, 0.2) is 0 Å². The van der Waals surface area contributed by atoms with Gasteiger partial charge in [-0.15, -0.1) is 11.3 Å². The Morgan fingerprint density at radius 2 is 2.03 bits per heavy atom. The zero-order valence-corrected chi connectivity index (χ0v) is 21.4. The number of nitrogens with zero attached hydrogens (tertiary/aromatic N) is 1. The molecule has 168 valence electrons. The molecule has 1 amide bonds. The van der Waals surface area contributed by atoms with Crippen molar-refractivity contribution in [3.8, 4) is 10.4 Å². The number of nitrogens with one attached hydrogen (secondary N) is 1. The van der Waals surface area contributed by atoms with Crippen molar-refractivity contribution in [1.29, 1.82) is 0 Å². The number of amides is 1. The summed E-state index contributed by atoms with van der Waals surface area (Å²) in [6.45, 7) is 0.736. The van der Waals surface area contributed by atoms with Gasteiger partial charge < -0.3 is 0 Å². The zero-order chi connectivity index (χ0) is 22.2. The number of aryl methyl sites for hydroxylation is 1. The van der Waals surface area contributed by atoms with Crippen molar-refractivity contribution in [3.63, 3.8) is 0 Å². The molecule has 0 spiro atoms. The predicted molar refractivity (Wildman–Crippen MR) is 141 cm³/mol. The monoisotopic (exact) mass is 522 g/mol. The lowest BCUT2D eigenvalue weighted by Gasteiger charge is -2.30. The summed E-state index contributed by atoms with van der Waals surface area (Å²) in [5, 5.41) is 0.725. The number of carbonyl (C=O) groups excluding carboxylic acids is 1. The van der Waals surface area contributed by atoms with Crippen LogP contribution in [0.3, 0.4) is 0 Å². The fourth-order valence-corrected chi connectivity index (χ4v) is 8.12. The average Bonchev–Trinajstić information content (AvgIpc) is 3.54. The van der Waals surface area contributed by atoms with Crippen molar-refractivity contribution in [2.75, 3.05) is 6.54 Å². The number of hydrogen-bond donors (Lipinski definition) is 1. The maximum Gasteiger partial charge on any atom is 0.266 e. The van der Waals surface area contributed by atoms with Gasteiger partial charge in [0.25, 0.3) is 5.91 Å². The minimum atomic E-state index is 0.0902. The molecule has 5 rings (SSSR count). The Kier molecular flexibility index (Phi) is 6.98. The molecule has 3 unspecified atom stereocenters. The van der Waals surface area contributed by atoms with Gasteiger partial charge in [0.1, 0.15) is 4.32 Å². The fraction of sp³-hybridized carbons (Fsp3) is 0.417. The number of hydrogen-bond acceptors (Lipinski definition) is 5. The smallest absolute Gasteiger partial charge is 0.266 e. The van der Waals surface area contributed by atoms with E-state index in [4.69, 9.17) is 35.6 Å². The largest absolute Gasteiger partial charge is 0.289 e. The van der Waals surface area contributed by atoms with Gasteiger partial charge >= 0.3 is 0 Å². The minimum absolute atomic E-state index is 0.0902. The highest BCUT2D eigenvalue weighted by Gasteiger charge is 2.47. The lowest BCUT2D eigenvalue weighted by Crippen LogP contribution is -2.41. The van der Waals surface area contributed by atoms with E-state index in [1.807, 2.05) is 29.2 Å². The summed E-state index contributed by atoms with van der Waals surface area (Å²) in [7, 11) is 0. The molecule has 2 aliphatic carbocycles. The third-order valence-corrected chi connectivity index (χ3v) is 9.75. The normalized spacial score (nSPS) is 26.1. The van der Waals surface area contributed by atoms with Gasteiger partial charge in [-0.3, -0.25) is 9.69 Å². The molecule has 3 fully saturated rings. The molecule has 1 aliphatic heterocycles. The summed E-state index contributed by atoms with van der Waals surface area (Å²) in [6.07, 6.45) is 8.79. The van der Waals surface area contributed by atoms with Crippen LogP contribution in [0.25, 0.3) is 16.5 Å². The topological polar surface area (TPSA) is 32.3 Å². The minimum Gasteiger partial charge on any atom is -0.289 e. The maximum atomic E-state index is 13.4. The Bertz CT molecular complexity index is 1070. The molecule has 3 aliphatic rings. The number of benzene rings is 1. The standard InChI is InChI=1S/C24H24Cl2N2OS3/c25-18-7-5-15(6-8-18)20-12-17(2-1-9-27-26)21(31-20)13-22-23(29)28(24(30)32-22)19-11-14-3-4-16(19)10-14/h5-8,12-14,16,19,27H,1-4,9-11H2/b22-13-. The van der Waals surface area contributed by atoms with Gasteiger partial charge in [-0.1, -0.05) is 54.1 Å². The number of carbonyl (C=O) groups is 1. The number of fused-ring (bicyclic) bond motifs is 2. The first-order chi connectivity index (χ1) is 15.5. The summed E-state index contributed by atoms with van der Waals surface area (Å²) >= 11 is 20.6. The van der Waals surface area contributed by atoms with Crippen molar-refractivity contribution in [2.24, 2.45) is 11.8 Å². The van der Waals surface area contributed by atoms with Crippen LogP contribution in [-0.2, 0) is 11.2 Å².